The molecule has 2 heterocycles. The quantitative estimate of drug-likeness (QED) is 0.642. The van der Waals surface area contributed by atoms with Gasteiger partial charge in [0.1, 0.15) is 0 Å². The molecule has 0 radical (unpaired) electrons. The molecule has 0 aromatic carbocycles. The maximum Gasteiger partial charge on any atom is 0.0645 e. The molecule has 14 heavy (non-hydrogen) atoms. The summed E-state index contributed by atoms with van der Waals surface area (Å²) in [5.41, 5.74) is 0. The molecule has 0 spiro atoms. The van der Waals surface area contributed by atoms with Crippen LogP contribution in [0.1, 0.15) is 13.8 Å². The van der Waals surface area contributed by atoms with Crippen molar-refractivity contribution in [2.75, 3.05) is 39.4 Å². The van der Waals surface area contributed by atoms with Crippen molar-refractivity contribution in [2.45, 2.75) is 25.9 Å². The molecule has 0 aromatic heterocycles. The van der Waals surface area contributed by atoms with Crippen molar-refractivity contribution < 1.29 is 35.9 Å². The summed E-state index contributed by atoms with van der Waals surface area (Å²) in [5.74, 6) is 0. The fourth-order valence-corrected chi connectivity index (χ4v) is 2.05. The average molecular weight is 422 g/mol. The zero-order valence-corrected chi connectivity index (χ0v) is 13.4. The Kier molecular flexibility index (Phi) is 5.45. The van der Waals surface area contributed by atoms with E-state index in [-0.39, 0.29) is 31.1 Å². The van der Waals surface area contributed by atoms with Crippen LogP contribution in [-0.4, -0.2) is 61.3 Å². The summed E-state index contributed by atoms with van der Waals surface area (Å²) < 4.78 is 5.21. The van der Waals surface area contributed by atoms with E-state index in [4.69, 9.17) is 4.74 Å². The van der Waals surface area contributed by atoms with Gasteiger partial charge in [0, 0.05) is 63.3 Å². The van der Waals surface area contributed by atoms with E-state index >= 15 is 0 Å². The average Bonchev–Trinajstić information content (AvgIpc) is 2.02. The van der Waals surface area contributed by atoms with E-state index in [1.54, 1.807) is 0 Å². The number of rotatable bonds is 2. The summed E-state index contributed by atoms with van der Waals surface area (Å²) in [6, 6.07) is 1.44. The first kappa shape index (κ1) is 13.0. The predicted molar refractivity (Wildman–Crippen MR) is 52.9 cm³/mol. The smallest absolute Gasteiger partial charge is 0.0645 e. The number of hydrogen-bond acceptors (Lipinski definition) is 3. The second kappa shape index (κ2) is 5.86. The zero-order chi connectivity index (χ0) is 9.26. The Morgan fingerprint density at radius 1 is 1.07 bits per heavy atom. The van der Waals surface area contributed by atoms with Crippen LogP contribution in [0.5, 0.6) is 0 Å². The standard InChI is InChI=1S/C10H20N2O.U/c1-9(2)11-3-5-12(6-4-11)10-7-13-8-10;/h9-10H,3-8H2,1-2H3;. The van der Waals surface area contributed by atoms with E-state index in [1.807, 2.05) is 0 Å². The summed E-state index contributed by atoms with van der Waals surface area (Å²) >= 11 is 0. The third-order valence-corrected chi connectivity index (χ3v) is 3.22. The molecule has 3 nitrogen and oxygen atoms in total. The monoisotopic (exact) mass is 422 g/mol. The van der Waals surface area contributed by atoms with Crippen LogP contribution >= 0.6 is 0 Å². The van der Waals surface area contributed by atoms with Crippen LogP contribution in [0.15, 0.2) is 0 Å². The van der Waals surface area contributed by atoms with Crippen LogP contribution in [0.25, 0.3) is 0 Å². The third kappa shape index (κ3) is 2.96. The Morgan fingerprint density at radius 2 is 1.64 bits per heavy atom. The molecule has 2 saturated heterocycles. The summed E-state index contributed by atoms with van der Waals surface area (Å²) in [6.07, 6.45) is 0. The first-order valence-corrected chi connectivity index (χ1v) is 5.33. The van der Waals surface area contributed by atoms with Crippen LogP contribution in [-0.2, 0) is 4.74 Å². The molecule has 0 unspecified atom stereocenters. The molecule has 0 aliphatic carbocycles. The van der Waals surface area contributed by atoms with Crippen molar-refractivity contribution in [3.05, 3.63) is 0 Å². The number of piperazine rings is 1. The number of hydrogen-bond donors (Lipinski definition) is 0. The molecule has 2 aliphatic heterocycles. The normalized spacial score (nSPS) is 25.9. The predicted octanol–water partition coefficient (Wildman–Crippen LogP) is 0.411. The molecule has 0 atom stereocenters. The van der Waals surface area contributed by atoms with Gasteiger partial charge in [-0.3, -0.25) is 9.80 Å². The summed E-state index contributed by atoms with van der Waals surface area (Å²) in [5, 5.41) is 0. The zero-order valence-electron chi connectivity index (χ0n) is 9.20. The van der Waals surface area contributed by atoms with Crippen LogP contribution in [0.4, 0.5) is 0 Å². The van der Waals surface area contributed by atoms with Gasteiger partial charge in [0.25, 0.3) is 0 Å². The van der Waals surface area contributed by atoms with Crippen molar-refractivity contribution in [1.82, 2.24) is 9.80 Å². The van der Waals surface area contributed by atoms with Crippen molar-refractivity contribution in [3.8, 4) is 0 Å². The van der Waals surface area contributed by atoms with Gasteiger partial charge in [-0.05, 0) is 13.8 Å². The van der Waals surface area contributed by atoms with Crippen LogP contribution < -0.4 is 0 Å². The van der Waals surface area contributed by atoms with Crippen molar-refractivity contribution in [2.24, 2.45) is 0 Å². The fraction of sp³-hybridized carbons (Fsp3) is 1.00. The van der Waals surface area contributed by atoms with Gasteiger partial charge in [0.05, 0.1) is 19.3 Å². The summed E-state index contributed by atoms with van der Waals surface area (Å²) in [4.78, 5) is 5.12. The molecular formula is C10H20N2OU. The largest absolute Gasteiger partial charge is 0.378 e. The Morgan fingerprint density at radius 3 is 2.00 bits per heavy atom. The summed E-state index contributed by atoms with van der Waals surface area (Å²) in [7, 11) is 0. The molecule has 0 aromatic rings. The van der Waals surface area contributed by atoms with Crippen molar-refractivity contribution in [3.63, 3.8) is 0 Å². The van der Waals surface area contributed by atoms with E-state index in [9.17, 15) is 0 Å². The fourth-order valence-electron chi connectivity index (χ4n) is 2.05. The van der Waals surface area contributed by atoms with Crippen LogP contribution in [0.2, 0.25) is 0 Å². The Balaban J connectivity index is 0.000000980. The topological polar surface area (TPSA) is 15.7 Å². The Hall–Kier alpha value is 0.932. The van der Waals surface area contributed by atoms with E-state index < -0.39 is 0 Å². The molecular weight excluding hydrogens is 402 g/mol. The van der Waals surface area contributed by atoms with E-state index in [0.29, 0.717) is 6.04 Å². The minimum atomic E-state index is 0. The van der Waals surface area contributed by atoms with Gasteiger partial charge >= 0.3 is 0 Å². The van der Waals surface area contributed by atoms with Crippen molar-refractivity contribution >= 4 is 0 Å². The first-order chi connectivity index (χ1) is 6.27. The van der Waals surface area contributed by atoms with Gasteiger partial charge in [0.15, 0.2) is 0 Å². The SMILES string of the molecule is CC(C)N1CCN(C2COC2)CC1.[U]. The van der Waals surface area contributed by atoms with Crippen molar-refractivity contribution in [1.29, 1.82) is 0 Å². The van der Waals surface area contributed by atoms with Crippen LogP contribution in [0, 0.1) is 31.1 Å². The molecule has 4 heteroatoms. The first-order valence-electron chi connectivity index (χ1n) is 5.33. The van der Waals surface area contributed by atoms with Gasteiger partial charge in [-0.2, -0.15) is 0 Å². The second-order valence-corrected chi connectivity index (χ2v) is 4.36. The van der Waals surface area contributed by atoms with Crippen LogP contribution in [0.3, 0.4) is 0 Å². The number of nitrogens with zero attached hydrogens (tertiary/aromatic N) is 2. The van der Waals surface area contributed by atoms with Gasteiger partial charge in [-0.15, -0.1) is 0 Å². The molecule has 80 valence electrons. The molecule has 2 fully saturated rings. The maximum atomic E-state index is 5.21. The van der Waals surface area contributed by atoms with E-state index in [1.165, 1.54) is 26.2 Å². The minimum Gasteiger partial charge on any atom is -0.378 e. The second-order valence-electron chi connectivity index (χ2n) is 4.36. The molecule has 0 amide bonds. The Bertz CT molecular complexity index is 166. The molecule has 2 rings (SSSR count). The molecule has 0 bridgehead atoms. The number of ether oxygens (including phenoxy) is 1. The molecule has 2 aliphatic rings. The van der Waals surface area contributed by atoms with Gasteiger partial charge in [-0.1, -0.05) is 0 Å². The molecule has 0 saturated carbocycles. The van der Waals surface area contributed by atoms with Gasteiger partial charge in [0.2, 0.25) is 0 Å². The van der Waals surface area contributed by atoms with Gasteiger partial charge in [-0.25, -0.2) is 0 Å². The van der Waals surface area contributed by atoms with E-state index in [2.05, 4.69) is 23.6 Å². The van der Waals surface area contributed by atoms with Gasteiger partial charge < -0.3 is 4.74 Å². The molecule has 0 N–H and O–H groups in total. The summed E-state index contributed by atoms with van der Waals surface area (Å²) in [6.45, 7) is 11.4. The van der Waals surface area contributed by atoms with E-state index in [0.717, 1.165) is 19.3 Å². The maximum absolute atomic E-state index is 5.21. The Labute approximate surface area is 111 Å². The third-order valence-electron chi connectivity index (χ3n) is 3.22. The minimum absolute atomic E-state index is 0.